The Bertz CT molecular complexity index is 956. The zero-order chi connectivity index (χ0) is 21.1. The highest BCUT2D eigenvalue weighted by atomic mass is 32.2. The Morgan fingerprint density at radius 3 is 2.21 bits per heavy atom. The van der Waals surface area contributed by atoms with Gasteiger partial charge in [0.25, 0.3) is 5.91 Å². The molecule has 6 nitrogen and oxygen atoms in total. The smallest absolute Gasteiger partial charge is 0.406 e. The molecule has 0 saturated heterocycles. The van der Waals surface area contributed by atoms with E-state index in [-0.39, 0.29) is 22.2 Å². The largest absolute Gasteiger partial charge is 0.573 e. The summed E-state index contributed by atoms with van der Waals surface area (Å²) in [6.07, 6.45) is -4.84. The minimum absolute atomic E-state index is 0.0398. The molecule has 0 heterocycles. The first-order valence-corrected chi connectivity index (χ1v) is 9.66. The number of benzene rings is 2. The molecule has 0 atom stereocenters. The number of sulfonamides is 1. The van der Waals surface area contributed by atoms with Crippen LogP contribution in [0, 0.1) is 6.92 Å². The summed E-state index contributed by atoms with van der Waals surface area (Å²) in [6.45, 7) is 4.95. The lowest BCUT2D eigenvalue weighted by Crippen LogP contribution is -2.31. The van der Waals surface area contributed by atoms with Crippen LogP contribution in [0.3, 0.4) is 0 Å². The molecule has 0 saturated carbocycles. The van der Waals surface area contributed by atoms with Crippen LogP contribution in [0.15, 0.2) is 47.4 Å². The average molecular weight is 416 g/mol. The van der Waals surface area contributed by atoms with Gasteiger partial charge in [-0.25, -0.2) is 13.1 Å². The third-order valence-corrected chi connectivity index (χ3v) is 5.20. The van der Waals surface area contributed by atoms with Crippen molar-refractivity contribution in [3.8, 4) is 5.75 Å². The number of carbonyl (C=O) groups excluding carboxylic acids is 1. The molecule has 1 amide bonds. The number of nitrogens with one attached hydrogen (secondary N) is 2. The van der Waals surface area contributed by atoms with Crippen molar-refractivity contribution in [1.82, 2.24) is 4.72 Å². The molecule has 0 fully saturated rings. The van der Waals surface area contributed by atoms with Gasteiger partial charge in [-0.2, -0.15) is 0 Å². The van der Waals surface area contributed by atoms with E-state index < -0.39 is 28.0 Å². The molecule has 0 bridgehead atoms. The third-order valence-electron chi connectivity index (χ3n) is 3.50. The van der Waals surface area contributed by atoms with E-state index in [4.69, 9.17) is 0 Å². The highest BCUT2D eigenvalue weighted by Crippen LogP contribution is 2.27. The molecule has 10 heteroatoms. The fourth-order valence-electron chi connectivity index (χ4n) is 2.39. The molecule has 2 aromatic rings. The minimum atomic E-state index is -4.84. The van der Waals surface area contributed by atoms with Crippen LogP contribution in [0.25, 0.3) is 0 Å². The summed E-state index contributed by atoms with van der Waals surface area (Å²) >= 11 is 0. The highest BCUT2D eigenvalue weighted by molar-refractivity contribution is 7.89. The summed E-state index contributed by atoms with van der Waals surface area (Å²) < 4.78 is 67.9. The zero-order valence-corrected chi connectivity index (χ0v) is 16.1. The molecule has 28 heavy (non-hydrogen) atoms. The first-order valence-electron chi connectivity index (χ1n) is 8.18. The Balaban J connectivity index is 2.29. The quantitative estimate of drug-likeness (QED) is 0.750. The lowest BCUT2D eigenvalue weighted by Gasteiger charge is -2.16. The van der Waals surface area contributed by atoms with E-state index in [9.17, 15) is 26.4 Å². The number of hydrogen-bond donors (Lipinski definition) is 2. The van der Waals surface area contributed by atoms with Crippen LogP contribution >= 0.6 is 0 Å². The lowest BCUT2D eigenvalue weighted by atomic mass is 10.1. The van der Waals surface area contributed by atoms with Crippen molar-refractivity contribution in [3.05, 3.63) is 53.6 Å². The van der Waals surface area contributed by atoms with E-state index in [2.05, 4.69) is 14.8 Å². The van der Waals surface area contributed by atoms with Gasteiger partial charge in [0.05, 0.1) is 5.69 Å². The molecule has 2 rings (SSSR count). The third kappa shape index (κ3) is 5.70. The van der Waals surface area contributed by atoms with Gasteiger partial charge in [0.15, 0.2) is 0 Å². The Kier molecular flexibility index (Phi) is 6.35. The van der Waals surface area contributed by atoms with Crippen molar-refractivity contribution < 1.29 is 31.1 Å². The summed E-state index contributed by atoms with van der Waals surface area (Å²) in [7, 11) is -3.88. The monoisotopic (exact) mass is 416 g/mol. The number of hydrogen-bond acceptors (Lipinski definition) is 4. The fourth-order valence-corrected chi connectivity index (χ4v) is 3.88. The second kappa shape index (κ2) is 8.19. The highest BCUT2D eigenvalue weighted by Gasteiger charge is 2.31. The number of rotatable bonds is 6. The van der Waals surface area contributed by atoms with Gasteiger partial charge in [0, 0.05) is 11.6 Å². The first-order chi connectivity index (χ1) is 12.9. The van der Waals surface area contributed by atoms with Gasteiger partial charge in [-0.1, -0.05) is 12.1 Å². The molecule has 152 valence electrons. The SMILES string of the molecule is Cc1cccc(S(=O)(=O)NC(C)C)c1NC(=O)c1ccc(OC(F)(F)F)cc1. The molecule has 0 aliphatic heterocycles. The van der Waals surface area contributed by atoms with Crippen molar-refractivity contribution in [2.45, 2.75) is 38.1 Å². The average Bonchev–Trinajstić information content (AvgIpc) is 2.54. The Hall–Kier alpha value is -2.59. The van der Waals surface area contributed by atoms with Gasteiger partial charge < -0.3 is 10.1 Å². The van der Waals surface area contributed by atoms with Gasteiger partial charge in [-0.3, -0.25) is 4.79 Å². The molecule has 0 aliphatic rings. The van der Waals surface area contributed by atoms with Gasteiger partial charge in [-0.15, -0.1) is 13.2 Å². The summed E-state index contributed by atoms with van der Waals surface area (Å²) in [4.78, 5) is 12.4. The Labute approximate surface area is 160 Å². The van der Waals surface area contributed by atoms with Gasteiger partial charge in [0.1, 0.15) is 10.6 Å². The number of amides is 1. The van der Waals surface area contributed by atoms with Crippen LogP contribution in [0.1, 0.15) is 29.8 Å². The van der Waals surface area contributed by atoms with Gasteiger partial charge >= 0.3 is 6.36 Å². The maximum absolute atomic E-state index is 12.5. The molecule has 0 aliphatic carbocycles. The number of anilines is 1. The van der Waals surface area contributed by atoms with Crippen LogP contribution in [0.4, 0.5) is 18.9 Å². The second-order valence-electron chi connectivity index (χ2n) is 6.25. The molecule has 0 radical (unpaired) electrons. The van der Waals surface area contributed by atoms with Crippen molar-refractivity contribution >= 4 is 21.6 Å². The van der Waals surface area contributed by atoms with Crippen molar-refractivity contribution in [2.24, 2.45) is 0 Å². The van der Waals surface area contributed by atoms with Crippen LogP contribution in [-0.2, 0) is 10.0 Å². The maximum Gasteiger partial charge on any atom is 0.573 e. The van der Waals surface area contributed by atoms with E-state index in [0.29, 0.717) is 5.56 Å². The Morgan fingerprint density at radius 1 is 1.07 bits per heavy atom. The standard InChI is InChI=1S/C18H19F3N2O4S/c1-11(2)23-28(25,26)15-6-4-5-12(3)16(15)22-17(24)13-7-9-14(10-8-13)27-18(19,20)21/h4-11,23H,1-3H3,(H,22,24). The van der Waals surface area contributed by atoms with Crippen LogP contribution < -0.4 is 14.8 Å². The van der Waals surface area contributed by atoms with E-state index in [0.717, 1.165) is 24.3 Å². The first kappa shape index (κ1) is 21.7. The number of para-hydroxylation sites is 1. The molecule has 0 unspecified atom stereocenters. The number of aryl methyl sites for hydroxylation is 1. The number of alkyl halides is 3. The zero-order valence-electron chi connectivity index (χ0n) is 15.3. The summed E-state index contributed by atoms with van der Waals surface area (Å²) in [6, 6.07) is 8.47. The lowest BCUT2D eigenvalue weighted by molar-refractivity contribution is -0.274. The van der Waals surface area contributed by atoms with E-state index in [1.807, 2.05) is 0 Å². The predicted molar refractivity (Wildman–Crippen MR) is 97.7 cm³/mol. The topological polar surface area (TPSA) is 84.5 Å². The van der Waals surface area contributed by atoms with Crippen molar-refractivity contribution in [3.63, 3.8) is 0 Å². The second-order valence-corrected chi connectivity index (χ2v) is 7.93. The molecular weight excluding hydrogens is 397 g/mol. The van der Waals surface area contributed by atoms with Crippen LogP contribution in [0.5, 0.6) is 5.75 Å². The minimum Gasteiger partial charge on any atom is -0.406 e. The maximum atomic E-state index is 12.5. The number of halogens is 3. The summed E-state index contributed by atoms with van der Waals surface area (Å²) in [5.41, 5.74) is 0.645. The van der Waals surface area contributed by atoms with E-state index in [1.165, 1.54) is 6.07 Å². The van der Waals surface area contributed by atoms with E-state index in [1.54, 1.807) is 32.9 Å². The molecule has 2 aromatic carbocycles. The summed E-state index contributed by atoms with van der Waals surface area (Å²) in [5, 5.41) is 2.52. The molecule has 2 N–H and O–H groups in total. The Morgan fingerprint density at radius 2 is 1.68 bits per heavy atom. The predicted octanol–water partition coefficient (Wildman–Crippen LogP) is 3.83. The number of ether oxygens (including phenoxy) is 1. The fraction of sp³-hybridized carbons (Fsp3) is 0.278. The van der Waals surface area contributed by atoms with Crippen LogP contribution in [-0.4, -0.2) is 26.7 Å². The van der Waals surface area contributed by atoms with Crippen molar-refractivity contribution in [2.75, 3.05) is 5.32 Å². The van der Waals surface area contributed by atoms with Gasteiger partial charge in [-0.05, 0) is 56.7 Å². The van der Waals surface area contributed by atoms with Gasteiger partial charge in [0.2, 0.25) is 10.0 Å². The molecule has 0 spiro atoms. The van der Waals surface area contributed by atoms with Crippen molar-refractivity contribution in [1.29, 1.82) is 0 Å². The number of carbonyl (C=O) groups is 1. The molecular formula is C18H19F3N2O4S. The van der Waals surface area contributed by atoms with E-state index >= 15 is 0 Å². The summed E-state index contributed by atoms with van der Waals surface area (Å²) in [5.74, 6) is -1.14. The molecule has 0 aromatic heterocycles. The van der Waals surface area contributed by atoms with Crippen LogP contribution in [0.2, 0.25) is 0 Å². The normalized spacial score (nSPS) is 12.1.